The second-order valence-electron chi connectivity index (χ2n) is 9.04. The molecule has 2 aromatic carbocycles. The van der Waals surface area contributed by atoms with Gasteiger partial charge in [0.05, 0.1) is 13.2 Å². The van der Waals surface area contributed by atoms with Crippen molar-refractivity contribution in [3.63, 3.8) is 0 Å². The fourth-order valence-electron chi connectivity index (χ4n) is 4.97. The van der Waals surface area contributed by atoms with Crippen LogP contribution in [-0.2, 0) is 11.2 Å². The number of ketones is 1. The molecule has 1 unspecified atom stereocenters. The van der Waals surface area contributed by atoms with E-state index in [0.717, 1.165) is 50.4 Å². The summed E-state index contributed by atoms with van der Waals surface area (Å²) in [7, 11) is 4.20. The third-order valence-corrected chi connectivity index (χ3v) is 7.02. The van der Waals surface area contributed by atoms with Crippen molar-refractivity contribution < 1.29 is 9.53 Å². The second kappa shape index (κ2) is 9.32. The Hall–Kier alpha value is -2.17. The first-order chi connectivity index (χ1) is 14.3. The molecule has 4 heteroatoms. The predicted molar refractivity (Wildman–Crippen MR) is 124 cm³/mol. The van der Waals surface area contributed by atoms with Crippen molar-refractivity contribution >= 4 is 11.5 Å². The van der Waals surface area contributed by atoms with Crippen molar-refractivity contribution in [1.82, 2.24) is 4.90 Å². The lowest BCUT2D eigenvalue weighted by Gasteiger charge is -2.50. The first-order valence-corrected chi connectivity index (χ1v) is 11.0. The first kappa shape index (κ1) is 22.5. The largest absolute Gasteiger partial charge is 0.378 e. The SMILES string of the molecule is CCC(Cc1ccccc1)(N(C)C)C(C)(C)C(=O)c1ccc(N2CCOCC2)cc1. The summed E-state index contributed by atoms with van der Waals surface area (Å²) in [4.78, 5) is 18.4. The maximum atomic E-state index is 13.8. The topological polar surface area (TPSA) is 32.8 Å². The molecular weight excluding hydrogens is 372 g/mol. The fourth-order valence-corrected chi connectivity index (χ4v) is 4.97. The van der Waals surface area contributed by atoms with E-state index < -0.39 is 5.41 Å². The summed E-state index contributed by atoms with van der Waals surface area (Å²) in [5.74, 6) is 0.197. The normalized spacial score (nSPS) is 17.1. The number of rotatable bonds is 8. The van der Waals surface area contributed by atoms with Crippen LogP contribution in [0.5, 0.6) is 0 Å². The molecule has 0 N–H and O–H groups in total. The smallest absolute Gasteiger partial charge is 0.170 e. The predicted octanol–water partition coefficient (Wildman–Crippen LogP) is 4.69. The lowest BCUT2D eigenvalue weighted by Crippen LogP contribution is -2.59. The Morgan fingerprint density at radius 1 is 1.00 bits per heavy atom. The van der Waals surface area contributed by atoms with Gasteiger partial charge < -0.3 is 14.5 Å². The third kappa shape index (κ3) is 4.30. The van der Waals surface area contributed by atoms with Gasteiger partial charge in [-0.1, -0.05) is 51.1 Å². The molecule has 1 saturated heterocycles. The number of hydrogen-bond acceptors (Lipinski definition) is 4. The van der Waals surface area contributed by atoms with E-state index in [1.165, 1.54) is 5.56 Å². The van der Waals surface area contributed by atoms with E-state index in [0.29, 0.717) is 0 Å². The summed E-state index contributed by atoms with van der Waals surface area (Å²) in [6, 6.07) is 18.6. The summed E-state index contributed by atoms with van der Waals surface area (Å²) >= 11 is 0. The van der Waals surface area contributed by atoms with E-state index in [1.54, 1.807) is 0 Å². The molecule has 0 amide bonds. The minimum atomic E-state index is -0.554. The van der Waals surface area contributed by atoms with Crippen molar-refractivity contribution in [3.8, 4) is 0 Å². The number of carbonyl (C=O) groups is 1. The van der Waals surface area contributed by atoms with E-state index in [4.69, 9.17) is 4.74 Å². The highest BCUT2D eigenvalue weighted by Gasteiger charge is 2.50. The average Bonchev–Trinajstić information content (AvgIpc) is 2.78. The maximum absolute atomic E-state index is 13.8. The molecule has 0 radical (unpaired) electrons. The van der Waals surface area contributed by atoms with Gasteiger partial charge in [0.25, 0.3) is 0 Å². The monoisotopic (exact) mass is 408 g/mol. The van der Waals surface area contributed by atoms with E-state index in [1.807, 2.05) is 18.2 Å². The zero-order valence-electron chi connectivity index (χ0n) is 19.1. The van der Waals surface area contributed by atoms with Crippen LogP contribution in [0.25, 0.3) is 0 Å². The number of anilines is 1. The van der Waals surface area contributed by atoms with Crippen LogP contribution in [0.4, 0.5) is 5.69 Å². The van der Waals surface area contributed by atoms with Gasteiger partial charge in [0, 0.05) is 35.3 Å². The molecule has 1 aliphatic rings. The van der Waals surface area contributed by atoms with Crippen LogP contribution in [0, 0.1) is 5.41 Å². The van der Waals surface area contributed by atoms with Gasteiger partial charge in [0.1, 0.15) is 0 Å². The van der Waals surface area contributed by atoms with Crippen molar-refractivity contribution in [2.24, 2.45) is 5.41 Å². The molecule has 0 aromatic heterocycles. The van der Waals surface area contributed by atoms with Crippen LogP contribution in [0.3, 0.4) is 0 Å². The highest BCUT2D eigenvalue weighted by molar-refractivity contribution is 6.01. The van der Waals surface area contributed by atoms with Gasteiger partial charge in [-0.2, -0.15) is 0 Å². The number of likely N-dealkylation sites (N-methyl/N-ethyl adjacent to an activating group) is 1. The van der Waals surface area contributed by atoms with E-state index in [2.05, 4.69) is 81.1 Å². The van der Waals surface area contributed by atoms with Crippen molar-refractivity contribution in [1.29, 1.82) is 0 Å². The van der Waals surface area contributed by atoms with E-state index >= 15 is 0 Å². The van der Waals surface area contributed by atoms with Crippen molar-refractivity contribution in [2.75, 3.05) is 45.3 Å². The number of Topliss-reactive ketones (excluding diaryl/α,β-unsaturated/α-hetero) is 1. The summed E-state index contributed by atoms with van der Waals surface area (Å²) in [5, 5.41) is 0. The Morgan fingerprint density at radius 3 is 2.13 bits per heavy atom. The van der Waals surface area contributed by atoms with Gasteiger partial charge in [-0.3, -0.25) is 4.79 Å². The van der Waals surface area contributed by atoms with Crippen LogP contribution in [0.2, 0.25) is 0 Å². The lowest BCUT2D eigenvalue weighted by atomic mass is 9.63. The fraction of sp³-hybridized carbons (Fsp3) is 0.500. The van der Waals surface area contributed by atoms with Crippen LogP contribution in [0.15, 0.2) is 54.6 Å². The highest BCUT2D eigenvalue weighted by Crippen LogP contribution is 2.43. The molecule has 0 bridgehead atoms. The van der Waals surface area contributed by atoms with Gasteiger partial charge in [-0.15, -0.1) is 0 Å². The van der Waals surface area contributed by atoms with Crippen molar-refractivity contribution in [3.05, 3.63) is 65.7 Å². The number of carbonyl (C=O) groups excluding carboxylic acids is 1. The van der Waals surface area contributed by atoms with Crippen LogP contribution >= 0.6 is 0 Å². The summed E-state index contributed by atoms with van der Waals surface area (Å²) in [5.41, 5.74) is 2.36. The van der Waals surface area contributed by atoms with Gasteiger partial charge >= 0.3 is 0 Å². The molecule has 30 heavy (non-hydrogen) atoms. The van der Waals surface area contributed by atoms with Gasteiger partial charge in [0.15, 0.2) is 5.78 Å². The third-order valence-electron chi connectivity index (χ3n) is 7.02. The molecule has 4 nitrogen and oxygen atoms in total. The second-order valence-corrected chi connectivity index (χ2v) is 9.04. The van der Waals surface area contributed by atoms with Crippen LogP contribution < -0.4 is 4.90 Å². The van der Waals surface area contributed by atoms with Crippen LogP contribution in [-0.4, -0.2) is 56.6 Å². The molecule has 0 spiro atoms. The molecule has 0 aliphatic carbocycles. The minimum Gasteiger partial charge on any atom is -0.378 e. The zero-order valence-corrected chi connectivity index (χ0v) is 19.1. The first-order valence-electron chi connectivity index (χ1n) is 11.0. The quantitative estimate of drug-likeness (QED) is 0.594. The van der Waals surface area contributed by atoms with E-state index in [-0.39, 0.29) is 11.3 Å². The van der Waals surface area contributed by atoms with E-state index in [9.17, 15) is 4.79 Å². The molecule has 1 atom stereocenters. The summed E-state index contributed by atoms with van der Waals surface area (Å²) in [6.07, 6.45) is 1.72. The average molecular weight is 409 g/mol. The molecule has 162 valence electrons. The molecular formula is C26H36N2O2. The molecule has 1 fully saturated rings. The Labute approximate surface area is 181 Å². The van der Waals surface area contributed by atoms with Gasteiger partial charge in [-0.25, -0.2) is 0 Å². The highest BCUT2D eigenvalue weighted by atomic mass is 16.5. The van der Waals surface area contributed by atoms with Gasteiger partial charge in [0.2, 0.25) is 0 Å². The maximum Gasteiger partial charge on any atom is 0.170 e. The molecule has 2 aromatic rings. The molecule has 3 rings (SSSR count). The molecule has 1 aliphatic heterocycles. The minimum absolute atomic E-state index is 0.197. The lowest BCUT2D eigenvalue weighted by molar-refractivity contribution is 0.0162. The number of morpholine rings is 1. The van der Waals surface area contributed by atoms with Gasteiger partial charge in [-0.05, 0) is 56.8 Å². The number of hydrogen-bond donors (Lipinski definition) is 0. The molecule has 0 saturated carbocycles. The Balaban J connectivity index is 1.89. The molecule has 1 heterocycles. The standard InChI is InChI=1S/C26H36N2O2/c1-6-26(27(4)5,20-21-10-8-7-9-11-21)25(2,3)24(29)22-12-14-23(15-13-22)28-16-18-30-19-17-28/h7-15H,6,16-20H2,1-5H3. The summed E-state index contributed by atoms with van der Waals surface area (Å²) in [6.45, 7) is 9.73. The van der Waals surface area contributed by atoms with Crippen molar-refractivity contribution in [2.45, 2.75) is 39.2 Å². The Morgan fingerprint density at radius 2 is 1.60 bits per heavy atom. The zero-order chi connectivity index (χ0) is 21.8. The number of nitrogens with zero attached hydrogens (tertiary/aromatic N) is 2. The van der Waals surface area contributed by atoms with Crippen LogP contribution in [0.1, 0.15) is 43.1 Å². The Bertz CT molecular complexity index is 824. The Kier molecular flexibility index (Phi) is 6.99. The number of ether oxygens (including phenoxy) is 1. The summed E-state index contributed by atoms with van der Waals surface area (Å²) < 4.78 is 5.45. The number of benzene rings is 2.